The van der Waals surface area contributed by atoms with Gasteiger partial charge in [0.25, 0.3) is 0 Å². The molecule has 5 heteroatoms. The predicted octanol–water partition coefficient (Wildman–Crippen LogP) is 6.63. The predicted molar refractivity (Wildman–Crippen MR) is 121 cm³/mol. The summed E-state index contributed by atoms with van der Waals surface area (Å²) in [4.78, 5) is 0. The van der Waals surface area contributed by atoms with Gasteiger partial charge in [-0.15, -0.1) is 0 Å². The van der Waals surface area contributed by atoms with Crippen molar-refractivity contribution in [1.29, 1.82) is 0 Å². The fourth-order valence-corrected chi connectivity index (χ4v) is 3.52. The lowest BCUT2D eigenvalue weighted by Crippen LogP contribution is -2.13. The third-order valence-corrected chi connectivity index (χ3v) is 5.29. The average molecular weight is 427 g/mol. The highest BCUT2D eigenvalue weighted by molar-refractivity contribution is 6.30. The molecule has 1 aliphatic heterocycles. The van der Waals surface area contributed by atoms with E-state index in [2.05, 4.69) is 0 Å². The van der Waals surface area contributed by atoms with Crippen LogP contribution in [-0.2, 0) is 19.3 Å². The molecule has 0 amide bonds. The fraction of sp³-hybridized carbons (Fsp3) is 0.280. The second-order valence-corrected chi connectivity index (χ2v) is 8.43. The first-order chi connectivity index (χ1) is 14.2. The zero-order chi connectivity index (χ0) is 22.0. The molecule has 30 heavy (non-hydrogen) atoms. The monoisotopic (exact) mass is 426 g/mol. The van der Waals surface area contributed by atoms with Crippen LogP contribution in [0.1, 0.15) is 49.9 Å². The van der Waals surface area contributed by atoms with Crippen LogP contribution in [0.2, 0.25) is 5.02 Å². The van der Waals surface area contributed by atoms with E-state index >= 15 is 0 Å². The Hall–Kier alpha value is -2.85. The number of aromatic hydroxyl groups is 2. The number of halogens is 1. The highest BCUT2D eigenvalue weighted by Gasteiger charge is 2.30. The molecule has 0 atom stereocenters. The van der Waals surface area contributed by atoms with Gasteiger partial charge in [-0.05, 0) is 64.8 Å². The maximum Gasteiger partial charge on any atom is 0.172 e. The van der Waals surface area contributed by atoms with E-state index in [1.165, 1.54) is 0 Å². The Morgan fingerprint density at radius 3 is 2.03 bits per heavy atom. The molecule has 3 rings (SSSR count). The minimum Gasteiger partial charge on any atom is -0.508 e. The number of phenolic OH excluding ortho intramolecular Hbond substituents is 2. The molecule has 0 aromatic heterocycles. The number of hydrogen-bond donors (Lipinski definition) is 3. The van der Waals surface area contributed by atoms with Crippen LogP contribution in [0.15, 0.2) is 53.3 Å². The van der Waals surface area contributed by atoms with Crippen LogP contribution in [0.25, 0.3) is 5.76 Å². The number of benzene rings is 2. The van der Waals surface area contributed by atoms with Crippen LogP contribution < -0.4 is 4.74 Å². The lowest BCUT2D eigenvalue weighted by molar-refractivity contribution is 0.346. The number of rotatable bonds is 5. The third-order valence-electron chi connectivity index (χ3n) is 5.04. The van der Waals surface area contributed by atoms with Gasteiger partial charge in [0.15, 0.2) is 5.76 Å². The summed E-state index contributed by atoms with van der Waals surface area (Å²) in [5.74, 6) is 0.701. The van der Waals surface area contributed by atoms with Gasteiger partial charge in [0.2, 0.25) is 0 Å². The first-order valence-corrected chi connectivity index (χ1v) is 10.3. The minimum absolute atomic E-state index is 0.0205. The minimum atomic E-state index is -0.0392. The molecule has 0 unspecified atom stereocenters. The summed E-state index contributed by atoms with van der Waals surface area (Å²) >= 11 is 5.98. The number of phenols is 2. The van der Waals surface area contributed by atoms with E-state index < -0.39 is 0 Å². The summed E-state index contributed by atoms with van der Waals surface area (Å²) in [6, 6.07) is 6.96. The van der Waals surface area contributed by atoms with E-state index in [-0.39, 0.29) is 23.7 Å². The SMILES string of the molecule is CC(C)=CCc1c(O)c(CC=C(C)C)c2c(c1O)CC(O)=C(c1ccc(Cl)cc1)O2. The molecule has 2 aromatic rings. The second kappa shape index (κ2) is 8.88. The number of ether oxygens (including phenoxy) is 1. The molecule has 3 N–H and O–H groups in total. The van der Waals surface area contributed by atoms with Crippen molar-refractivity contribution in [1.82, 2.24) is 0 Å². The van der Waals surface area contributed by atoms with Gasteiger partial charge >= 0.3 is 0 Å². The van der Waals surface area contributed by atoms with Crippen LogP contribution in [0.3, 0.4) is 0 Å². The number of aliphatic hydroxyl groups excluding tert-OH is 1. The molecule has 4 nitrogen and oxygen atoms in total. The molecule has 0 saturated carbocycles. The molecule has 158 valence electrons. The number of allylic oxidation sites excluding steroid dienone is 5. The van der Waals surface area contributed by atoms with E-state index in [9.17, 15) is 15.3 Å². The van der Waals surface area contributed by atoms with Crippen molar-refractivity contribution in [2.45, 2.75) is 47.0 Å². The van der Waals surface area contributed by atoms with Crippen LogP contribution in [0.5, 0.6) is 17.2 Å². The summed E-state index contributed by atoms with van der Waals surface area (Å²) in [5, 5.41) is 33.2. The van der Waals surface area contributed by atoms with Crippen molar-refractivity contribution >= 4 is 17.4 Å². The van der Waals surface area contributed by atoms with Crippen molar-refractivity contribution in [3.63, 3.8) is 0 Å². The Labute approximate surface area is 182 Å². The average Bonchev–Trinajstić information content (AvgIpc) is 2.68. The quantitative estimate of drug-likeness (QED) is 0.469. The second-order valence-electron chi connectivity index (χ2n) is 7.99. The van der Waals surface area contributed by atoms with E-state index in [0.717, 1.165) is 11.1 Å². The Balaban J connectivity index is 2.16. The molecule has 1 heterocycles. The molecule has 0 bridgehead atoms. The van der Waals surface area contributed by atoms with Gasteiger partial charge in [-0.3, -0.25) is 0 Å². The smallest absolute Gasteiger partial charge is 0.172 e. The van der Waals surface area contributed by atoms with Gasteiger partial charge < -0.3 is 20.1 Å². The highest BCUT2D eigenvalue weighted by Crippen LogP contribution is 2.48. The van der Waals surface area contributed by atoms with Gasteiger partial charge in [-0.25, -0.2) is 0 Å². The normalized spacial score (nSPS) is 12.8. The molecule has 0 radical (unpaired) electrons. The maximum absolute atomic E-state index is 11.0. The largest absolute Gasteiger partial charge is 0.508 e. The van der Waals surface area contributed by atoms with E-state index in [1.807, 2.05) is 39.8 Å². The molecule has 0 aliphatic carbocycles. The van der Waals surface area contributed by atoms with Gasteiger partial charge in [0.05, 0.1) is 0 Å². The zero-order valence-electron chi connectivity index (χ0n) is 17.7. The van der Waals surface area contributed by atoms with Crippen molar-refractivity contribution in [2.75, 3.05) is 0 Å². The van der Waals surface area contributed by atoms with Gasteiger partial charge in [0.1, 0.15) is 23.0 Å². The van der Waals surface area contributed by atoms with Crippen molar-refractivity contribution < 1.29 is 20.1 Å². The Morgan fingerprint density at radius 2 is 1.47 bits per heavy atom. The van der Waals surface area contributed by atoms with Crippen LogP contribution in [0.4, 0.5) is 0 Å². The van der Waals surface area contributed by atoms with Crippen molar-refractivity contribution in [3.8, 4) is 17.2 Å². The number of aliphatic hydroxyl groups is 1. The molecular weight excluding hydrogens is 400 g/mol. The Kier molecular flexibility index (Phi) is 6.47. The fourth-order valence-electron chi connectivity index (χ4n) is 3.39. The van der Waals surface area contributed by atoms with Gasteiger partial charge in [-0.2, -0.15) is 0 Å². The van der Waals surface area contributed by atoms with Gasteiger partial charge in [0, 0.05) is 33.7 Å². The first kappa shape index (κ1) is 21.8. The van der Waals surface area contributed by atoms with E-state index in [1.54, 1.807) is 24.3 Å². The lowest BCUT2D eigenvalue weighted by Gasteiger charge is -2.26. The molecule has 0 spiro atoms. The van der Waals surface area contributed by atoms with E-state index in [0.29, 0.717) is 51.6 Å². The third kappa shape index (κ3) is 4.49. The Bertz CT molecular complexity index is 1050. The van der Waals surface area contributed by atoms with E-state index in [4.69, 9.17) is 16.3 Å². The molecule has 2 aromatic carbocycles. The molecular formula is C25H27ClO4. The summed E-state index contributed by atoms with van der Waals surface area (Å²) < 4.78 is 6.10. The topological polar surface area (TPSA) is 69.9 Å². The van der Waals surface area contributed by atoms with Crippen molar-refractivity contribution in [3.05, 3.63) is 80.6 Å². The number of hydrogen-bond acceptors (Lipinski definition) is 4. The lowest BCUT2D eigenvalue weighted by atomic mass is 9.92. The summed E-state index contributed by atoms with van der Waals surface area (Å²) in [6.07, 6.45) is 4.91. The van der Waals surface area contributed by atoms with Crippen LogP contribution >= 0.6 is 11.6 Å². The molecule has 1 aliphatic rings. The zero-order valence-corrected chi connectivity index (χ0v) is 18.5. The first-order valence-electron chi connectivity index (χ1n) is 9.90. The summed E-state index contributed by atoms with van der Waals surface area (Å²) in [5.41, 5.74) is 4.38. The maximum atomic E-state index is 11.0. The van der Waals surface area contributed by atoms with Crippen molar-refractivity contribution in [2.24, 2.45) is 0 Å². The molecule has 0 saturated heterocycles. The van der Waals surface area contributed by atoms with Gasteiger partial charge in [-0.1, -0.05) is 34.9 Å². The highest BCUT2D eigenvalue weighted by atomic mass is 35.5. The summed E-state index contributed by atoms with van der Waals surface area (Å²) in [6.45, 7) is 7.90. The molecule has 0 fully saturated rings. The summed E-state index contributed by atoms with van der Waals surface area (Å²) in [7, 11) is 0. The van der Waals surface area contributed by atoms with Crippen LogP contribution in [0, 0.1) is 0 Å². The Morgan fingerprint density at radius 1 is 0.900 bits per heavy atom. The van der Waals surface area contributed by atoms with Crippen LogP contribution in [-0.4, -0.2) is 15.3 Å². The number of fused-ring (bicyclic) bond motifs is 1. The standard InChI is InChI=1S/C25H27ClO4/c1-14(2)5-11-18-22(28)19(12-6-15(3)4)25-20(23(18)29)13-21(27)24(30-25)16-7-9-17(26)10-8-16/h5-10,27-29H,11-13H2,1-4H3.